The van der Waals surface area contributed by atoms with Gasteiger partial charge in [-0.1, -0.05) is 48.2 Å². The quantitative estimate of drug-likeness (QED) is 0.353. The van der Waals surface area contributed by atoms with E-state index in [-0.39, 0.29) is 41.9 Å². The molecule has 1 unspecified atom stereocenters. The fraction of sp³-hybridized carbons (Fsp3) is 0.514. The molecule has 4 aliphatic rings. The van der Waals surface area contributed by atoms with Crippen LogP contribution in [-0.2, 0) is 16.0 Å². The van der Waals surface area contributed by atoms with Gasteiger partial charge in [0, 0.05) is 30.4 Å². The van der Waals surface area contributed by atoms with Gasteiger partial charge in [0.15, 0.2) is 5.78 Å². The molecule has 3 heterocycles. The Kier molecular flexibility index (Phi) is 10.6. The Hall–Kier alpha value is -2.71. The Bertz CT molecular complexity index is 1480. The summed E-state index contributed by atoms with van der Waals surface area (Å²) in [5, 5.41) is 3.33. The predicted molar refractivity (Wildman–Crippen MR) is 181 cm³/mol. The number of hydrogen-bond acceptors (Lipinski definition) is 6. The second-order valence-corrected chi connectivity index (χ2v) is 15.7. The summed E-state index contributed by atoms with van der Waals surface area (Å²) in [5.41, 5.74) is 3.17. The maximum Gasteiger partial charge on any atom is 0.258 e. The van der Waals surface area contributed by atoms with Crippen molar-refractivity contribution in [3.63, 3.8) is 0 Å². The van der Waals surface area contributed by atoms with Gasteiger partial charge in [-0.3, -0.25) is 19.4 Å². The lowest BCUT2D eigenvalue weighted by atomic mass is 9.70. The van der Waals surface area contributed by atoms with E-state index < -0.39 is 5.82 Å². The molecule has 2 fully saturated rings. The van der Waals surface area contributed by atoms with E-state index in [0.717, 1.165) is 77.4 Å². The maximum absolute atomic E-state index is 14.3. The summed E-state index contributed by atoms with van der Waals surface area (Å²) in [6.07, 6.45) is 11.4. The summed E-state index contributed by atoms with van der Waals surface area (Å²) in [7, 11) is 0. The van der Waals surface area contributed by atoms with Crippen LogP contribution in [-0.4, -0.2) is 40.0 Å². The van der Waals surface area contributed by atoms with Crippen molar-refractivity contribution in [1.29, 1.82) is 0 Å². The molecule has 6 rings (SSSR count). The first-order valence-corrected chi connectivity index (χ1v) is 18.5. The number of amides is 1. The zero-order chi connectivity index (χ0) is 31.3. The lowest BCUT2D eigenvalue weighted by Crippen LogP contribution is -2.40. The molecular formula is C37H43FN2O3S2. The van der Waals surface area contributed by atoms with Gasteiger partial charge in [0.25, 0.3) is 5.91 Å². The second-order valence-electron chi connectivity index (χ2n) is 13.2. The van der Waals surface area contributed by atoms with Crippen molar-refractivity contribution in [2.24, 2.45) is 23.7 Å². The van der Waals surface area contributed by atoms with E-state index in [2.05, 4.69) is 28.5 Å². The van der Waals surface area contributed by atoms with E-state index in [1.165, 1.54) is 12.3 Å². The van der Waals surface area contributed by atoms with Gasteiger partial charge in [-0.15, -0.1) is 0 Å². The highest BCUT2D eigenvalue weighted by Gasteiger charge is 2.37. The van der Waals surface area contributed by atoms with E-state index in [0.29, 0.717) is 42.2 Å². The molecule has 0 bridgehead atoms. The average molecular weight is 647 g/mol. The van der Waals surface area contributed by atoms with Crippen molar-refractivity contribution in [2.45, 2.75) is 83.6 Å². The number of nitrogens with zero attached hydrogens (tertiary/aromatic N) is 1. The van der Waals surface area contributed by atoms with Gasteiger partial charge < -0.3 is 5.32 Å². The zero-order valence-corrected chi connectivity index (χ0v) is 27.7. The molecule has 0 spiro atoms. The SMILES string of the molecule is CC1=CCC(c2ccccc2)=C(C(=O)NC2CCC([C@@H]3CC(=O)c4cc(F)cnc4CCC(C4CCSCC4)C(=O)C3)CC2)S1. The number of rotatable bonds is 5. The van der Waals surface area contributed by atoms with Gasteiger partial charge in [-0.05, 0) is 116 Å². The molecule has 8 heteroatoms. The minimum Gasteiger partial charge on any atom is -0.349 e. The van der Waals surface area contributed by atoms with Crippen LogP contribution >= 0.6 is 23.5 Å². The number of allylic oxidation sites excluding steroid dienone is 3. The van der Waals surface area contributed by atoms with Crippen LogP contribution in [0, 0.1) is 29.5 Å². The van der Waals surface area contributed by atoms with Gasteiger partial charge >= 0.3 is 0 Å². The van der Waals surface area contributed by atoms with Gasteiger partial charge in [-0.25, -0.2) is 4.39 Å². The van der Waals surface area contributed by atoms with Crippen LogP contribution in [0.15, 0.2) is 58.5 Å². The van der Waals surface area contributed by atoms with E-state index in [4.69, 9.17) is 0 Å². The average Bonchev–Trinajstić information content (AvgIpc) is 3.06. The minimum absolute atomic E-state index is 0.0154. The fourth-order valence-corrected chi connectivity index (χ4v) is 9.91. The number of benzene rings is 1. The number of carbonyl (C=O) groups is 3. The van der Waals surface area contributed by atoms with Crippen LogP contribution in [0.4, 0.5) is 4.39 Å². The molecule has 1 N–H and O–H groups in total. The van der Waals surface area contributed by atoms with Gasteiger partial charge in [-0.2, -0.15) is 11.8 Å². The summed E-state index contributed by atoms with van der Waals surface area (Å²) in [5.74, 6) is 2.34. The largest absolute Gasteiger partial charge is 0.349 e. The predicted octanol–water partition coefficient (Wildman–Crippen LogP) is 8.20. The van der Waals surface area contributed by atoms with E-state index in [1.807, 2.05) is 36.9 Å². The van der Waals surface area contributed by atoms with Crippen LogP contribution < -0.4 is 5.32 Å². The van der Waals surface area contributed by atoms with E-state index in [9.17, 15) is 18.8 Å². The van der Waals surface area contributed by atoms with Crippen LogP contribution in [0.1, 0.15) is 92.7 Å². The molecule has 1 aromatic heterocycles. The van der Waals surface area contributed by atoms with Crippen molar-refractivity contribution < 1.29 is 18.8 Å². The first kappa shape index (κ1) is 32.2. The summed E-state index contributed by atoms with van der Waals surface area (Å²) in [6.45, 7) is 2.05. The van der Waals surface area contributed by atoms with E-state index in [1.54, 1.807) is 11.8 Å². The minimum atomic E-state index is -0.490. The molecule has 2 aliphatic heterocycles. The van der Waals surface area contributed by atoms with Gasteiger partial charge in [0.1, 0.15) is 11.6 Å². The smallest absolute Gasteiger partial charge is 0.258 e. The molecule has 1 amide bonds. The number of halogens is 1. The molecule has 5 nitrogen and oxygen atoms in total. The third-order valence-corrected chi connectivity index (χ3v) is 12.5. The molecule has 1 saturated carbocycles. The number of ketones is 2. The van der Waals surface area contributed by atoms with Crippen molar-refractivity contribution in [3.05, 3.63) is 81.1 Å². The van der Waals surface area contributed by atoms with E-state index >= 15 is 0 Å². The normalized spacial score (nSPS) is 27.0. The monoisotopic (exact) mass is 646 g/mol. The molecule has 1 aromatic carbocycles. The Morgan fingerprint density at radius 2 is 1.69 bits per heavy atom. The highest BCUT2D eigenvalue weighted by Crippen LogP contribution is 2.41. The molecule has 238 valence electrons. The first-order chi connectivity index (χ1) is 21.9. The topological polar surface area (TPSA) is 76.1 Å². The molecule has 2 atom stereocenters. The molecule has 1 saturated heterocycles. The number of pyridine rings is 1. The highest BCUT2D eigenvalue weighted by atomic mass is 32.2. The van der Waals surface area contributed by atoms with Crippen molar-refractivity contribution in [1.82, 2.24) is 10.3 Å². The Morgan fingerprint density at radius 3 is 2.44 bits per heavy atom. The van der Waals surface area contributed by atoms with Gasteiger partial charge in [0.2, 0.25) is 0 Å². The van der Waals surface area contributed by atoms with Crippen molar-refractivity contribution in [3.8, 4) is 0 Å². The summed E-state index contributed by atoms with van der Waals surface area (Å²) in [6, 6.07) is 11.5. The number of fused-ring (bicyclic) bond motifs is 1. The van der Waals surface area contributed by atoms with Gasteiger partial charge in [0.05, 0.1) is 16.8 Å². The Balaban J connectivity index is 1.16. The fourth-order valence-electron chi connectivity index (χ4n) is 7.80. The third kappa shape index (κ3) is 7.82. The lowest BCUT2D eigenvalue weighted by Gasteiger charge is -2.36. The zero-order valence-electron chi connectivity index (χ0n) is 26.1. The standard InChI is InChI=1S/C37H43FN2O3S2/c1-23-7-12-31(25-5-3-2-4-6-25)36(45-23)37(43)40-29-10-8-24(9-11-29)27-19-34(41)30(26-15-17-44-18-16-26)13-14-33-32(35(42)20-27)21-28(38)22-39-33/h2-7,21-22,24,26-27,29-30H,8-20H2,1H3,(H,40,43)/t24?,27-,29?,30?/m0/s1. The molecular weight excluding hydrogens is 604 g/mol. The Labute approximate surface area is 274 Å². The number of hydrogen-bond donors (Lipinski definition) is 1. The van der Waals surface area contributed by atoms with Crippen LogP contribution in [0.25, 0.3) is 5.57 Å². The first-order valence-electron chi connectivity index (χ1n) is 16.6. The second kappa shape index (κ2) is 14.8. The summed E-state index contributed by atoms with van der Waals surface area (Å²) >= 11 is 3.51. The van der Waals surface area contributed by atoms with Crippen LogP contribution in [0.2, 0.25) is 0 Å². The molecule has 0 radical (unpaired) electrons. The number of carbonyl (C=O) groups excluding carboxylic acids is 3. The number of aryl methyl sites for hydroxylation is 1. The number of aromatic nitrogens is 1. The lowest BCUT2D eigenvalue weighted by molar-refractivity contribution is -0.126. The van der Waals surface area contributed by atoms with Crippen molar-refractivity contribution >= 4 is 46.6 Å². The number of thioether (sulfide) groups is 2. The van der Waals surface area contributed by atoms with Crippen LogP contribution in [0.5, 0.6) is 0 Å². The number of nitrogens with one attached hydrogen (secondary N) is 1. The molecule has 2 aromatic rings. The summed E-state index contributed by atoms with van der Waals surface area (Å²) < 4.78 is 14.3. The Morgan fingerprint density at radius 1 is 0.933 bits per heavy atom. The molecule has 2 aliphatic carbocycles. The third-order valence-electron chi connectivity index (χ3n) is 10.3. The highest BCUT2D eigenvalue weighted by molar-refractivity contribution is 8.07. The maximum atomic E-state index is 14.3. The summed E-state index contributed by atoms with van der Waals surface area (Å²) in [4.78, 5) is 47.4. The molecule has 45 heavy (non-hydrogen) atoms. The van der Waals surface area contributed by atoms with Crippen molar-refractivity contribution in [2.75, 3.05) is 11.5 Å². The number of Topliss-reactive ketones (excluding diaryl/α,β-unsaturated/α-hetero) is 2. The van der Waals surface area contributed by atoms with Crippen LogP contribution in [0.3, 0.4) is 0 Å².